The second-order valence-electron chi connectivity index (χ2n) is 5.24. The lowest BCUT2D eigenvalue weighted by atomic mass is 10.2. The van der Waals surface area contributed by atoms with Crippen molar-refractivity contribution in [2.45, 2.75) is 33.4 Å². The molecule has 0 fully saturated rings. The van der Waals surface area contributed by atoms with Gasteiger partial charge in [-0.15, -0.1) is 0 Å². The van der Waals surface area contributed by atoms with Gasteiger partial charge in [0.05, 0.1) is 17.2 Å². The fourth-order valence-corrected chi connectivity index (χ4v) is 3.17. The highest BCUT2D eigenvalue weighted by atomic mass is 79.9. The van der Waals surface area contributed by atoms with Crippen molar-refractivity contribution < 1.29 is 14.3 Å². The maximum absolute atomic E-state index is 12.5. The maximum atomic E-state index is 12.5. The molecule has 4 nitrogen and oxygen atoms in total. The fraction of sp³-hybridized carbons (Fsp3) is 0.353. The maximum Gasteiger partial charge on any atom is 0.358 e. The molecule has 0 amide bonds. The Morgan fingerprint density at radius 2 is 1.87 bits per heavy atom. The largest absolute Gasteiger partial charge is 0.487 e. The molecule has 124 valence electrons. The zero-order valence-electron chi connectivity index (χ0n) is 13.3. The van der Waals surface area contributed by atoms with Crippen molar-refractivity contribution in [1.82, 2.24) is 4.57 Å². The van der Waals surface area contributed by atoms with E-state index in [1.807, 2.05) is 48.7 Å². The van der Waals surface area contributed by atoms with E-state index in [1.54, 1.807) is 6.92 Å². The number of carbonyl (C=O) groups is 1. The van der Waals surface area contributed by atoms with E-state index in [-0.39, 0.29) is 6.10 Å². The van der Waals surface area contributed by atoms with Gasteiger partial charge in [0, 0.05) is 6.54 Å². The zero-order chi connectivity index (χ0) is 17.0. The number of carbonyl (C=O) groups excluding carboxylic acids is 1. The van der Waals surface area contributed by atoms with Crippen LogP contribution in [0.1, 0.15) is 36.8 Å². The Bertz CT molecular complexity index is 681. The number of halogens is 2. The number of hydrogen-bond donors (Lipinski definition) is 0. The minimum atomic E-state index is -0.398. The average molecular weight is 445 g/mol. The molecule has 0 unspecified atom stereocenters. The molecular formula is C17H19Br2NO3. The molecule has 0 aliphatic heterocycles. The number of ether oxygens (including phenoxy) is 2. The molecule has 0 radical (unpaired) electrons. The summed E-state index contributed by atoms with van der Waals surface area (Å²) in [6.07, 6.45) is -0.0565. The lowest BCUT2D eigenvalue weighted by molar-refractivity contribution is 0.0507. The van der Waals surface area contributed by atoms with Gasteiger partial charge in [0.1, 0.15) is 4.60 Å². The van der Waals surface area contributed by atoms with Crippen molar-refractivity contribution in [3.63, 3.8) is 0 Å². The summed E-state index contributed by atoms with van der Waals surface area (Å²) >= 11 is 7.06. The number of hydrogen-bond acceptors (Lipinski definition) is 3. The first-order valence-electron chi connectivity index (χ1n) is 7.40. The molecule has 2 rings (SSSR count). The molecule has 23 heavy (non-hydrogen) atoms. The summed E-state index contributed by atoms with van der Waals surface area (Å²) in [4.78, 5) is 12.5. The summed E-state index contributed by atoms with van der Waals surface area (Å²) in [5, 5.41) is 0. The molecule has 0 spiro atoms. The number of rotatable bonds is 6. The second kappa shape index (κ2) is 8.02. The molecule has 0 aliphatic carbocycles. The van der Waals surface area contributed by atoms with Gasteiger partial charge in [0.2, 0.25) is 0 Å². The quantitative estimate of drug-likeness (QED) is 0.587. The van der Waals surface area contributed by atoms with Crippen LogP contribution in [0.2, 0.25) is 0 Å². The third kappa shape index (κ3) is 4.18. The Kier molecular flexibility index (Phi) is 6.30. The van der Waals surface area contributed by atoms with Crippen molar-refractivity contribution >= 4 is 37.8 Å². The number of benzene rings is 1. The van der Waals surface area contributed by atoms with Gasteiger partial charge in [0.15, 0.2) is 11.4 Å². The third-order valence-corrected chi connectivity index (χ3v) is 5.20. The molecule has 0 bridgehead atoms. The van der Waals surface area contributed by atoms with Crippen LogP contribution in [0.15, 0.2) is 39.4 Å². The molecule has 0 saturated heterocycles. The molecule has 1 heterocycles. The molecular weight excluding hydrogens is 426 g/mol. The molecule has 0 saturated carbocycles. The fourth-order valence-electron chi connectivity index (χ4n) is 2.20. The van der Waals surface area contributed by atoms with E-state index >= 15 is 0 Å². The van der Waals surface area contributed by atoms with E-state index in [4.69, 9.17) is 9.47 Å². The Balaban J connectivity index is 2.52. The standard InChI is InChI=1S/C17H19Br2NO3/c1-4-22-17(21)14-15(23-11(2)3)13(18)16(19)20(14)10-12-8-6-5-7-9-12/h5-9,11H,4,10H2,1-3H3. The smallest absolute Gasteiger partial charge is 0.358 e. The lowest BCUT2D eigenvalue weighted by Crippen LogP contribution is -2.16. The van der Waals surface area contributed by atoms with Crippen LogP contribution in [0.25, 0.3) is 0 Å². The van der Waals surface area contributed by atoms with Crippen LogP contribution < -0.4 is 4.74 Å². The van der Waals surface area contributed by atoms with Crippen molar-refractivity contribution in [3.05, 3.63) is 50.7 Å². The Morgan fingerprint density at radius 1 is 1.22 bits per heavy atom. The Hall–Kier alpha value is -1.27. The summed E-state index contributed by atoms with van der Waals surface area (Å²) < 4.78 is 14.4. The first-order valence-corrected chi connectivity index (χ1v) is 8.99. The Morgan fingerprint density at radius 3 is 2.43 bits per heavy atom. The molecule has 1 aromatic heterocycles. The summed E-state index contributed by atoms with van der Waals surface area (Å²) in [5.74, 6) is 0.103. The van der Waals surface area contributed by atoms with Gasteiger partial charge in [-0.1, -0.05) is 30.3 Å². The van der Waals surface area contributed by atoms with Crippen LogP contribution in [0.5, 0.6) is 5.75 Å². The van der Waals surface area contributed by atoms with Gasteiger partial charge >= 0.3 is 5.97 Å². The van der Waals surface area contributed by atoms with Gasteiger partial charge in [-0.3, -0.25) is 0 Å². The highest BCUT2D eigenvalue weighted by molar-refractivity contribution is 9.13. The number of aromatic nitrogens is 1. The predicted molar refractivity (Wildman–Crippen MR) is 97.1 cm³/mol. The molecule has 6 heteroatoms. The molecule has 1 aromatic carbocycles. The van der Waals surface area contributed by atoms with Gasteiger partial charge in [-0.2, -0.15) is 0 Å². The van der Waals surface area contributed by atoms with E-state index in [0.29, 0.717) is 29.1 Å². The molecule has 0 aliphatic rings. The van der Waals surface area contributed by atoms with Gasteiger partial charge in [-0.05, 0) is 58.2 Å². The number of nitrogens with zero attached hydrogens (tertiary/aromatic N) is 1. The van der Waals surface area contributed by atoms with Gasteiger partial charge in [-0.25, -0.2) is 4.79 Å². The van der Waals surface area contributed by atoms with E-state index in [0.717, 1.165) is 10.2 Å². The van der Waals surface area contributed by atoms with Crippen LogP contribution >= 0.6 is 31.9 Å². The van der Waals surface area contributed by atoms with Crippen molar-refractivity contribution in [2.75, 3.05) is 6.61 Å². The van der Waals surface area contributed by atoms with Crippen LogP contribution in [-0.2, 0) is 11.3 Å². The predicted octanol–water partition coefficient (Wildman–Crippen LogP) is 5.03. The van der Waals surface area contributed by atoms with Crippen LogP contribution in [0, 0.1) is 0 Å². The monoisotopic (exact) mass is 443 g/mol. The Labute approximate surface area is 153 Å². The summed E-state index contributed by atoms with van der Waals surface area (Å²) in [7, 11) is 0. The summed E-state index contributed by atoms with van der Waals surface area (Å²) in [6, 6.07) is 9.93. The highest BCUT2D eigenvalue weighted by Crippen LogP contribution is 2.40. The molecule has 0 atom stereocenters. The van der Waals surface area contributed by atoms with Crippen molar-refractivity contribution in [3.8, 4) is 5.75 Å². The zero-order valence-corrected chi connectivity index (χ0v) is 16.5. The molecule has 2 aromatic rings. The van der Waals surface area contributed by atoms with E-state index in [9.17, 15) is 4.79 Å². The second-order valence-corrected chi connectivity index (χ2v) is 6.79. The minimum Gasteiger partial charge on any atom is -0.487 e. The van der Waals surface area contributed by atoms with Crippen LogP contribution in [0.4, 0.5) is 0 Å². The normalized spacial score (nSPS) is 10.9. The SMILES string of the molecule is CCOC(=O)c1c(OC(C)C)c(Br)c(Br)n1Cc1ccccc1. The van der Waals surface area contributed by atoms with Gasteiger partial charge < -0.3 is 14.0 Å². The van der Waals surface area contributed by atoms with Crippen molar-refractivity contribution in [2.24, 2.45) is 0 Å². The van der Waals surface area contributed by atoms with Crippen LogP contribution in [0.3, 0.4) is 0 Å². The van der Waals surface area contributed by atoms with Gasteiger partial charge in [0.25, 0.3) is 0 Å². The highest BCUT2D eigenvalue weighted by Gasteiger charge is 2.28. The number of esters is 1. The van der Waals surface area contributed by atoms with Crippen LogP contribution in [-0.4, -0.2) is 23.2 Å². The first-order chi connectivity index (χ1) is 11.0. The first kappa shape index (κ1) is 18.1. The third-order valence-electron chi connectivity index (χ3n) is 3.11. The lowest BCUT2D eigenvalue weighted by Gasteiger charge is -2.13. The van der Waals surface area contributed by atoms with E-state index < -0.39 is 5.97 Å². The summed E-state index contributed by atoms with van der Waals surface area (Å²) in [6.45, 7) is 6.48. The van der Waals surface area contributed by atoms with E-state index in [1.165, 1.54) is 0 Å². The van der Waals surface area contributed by atoms with E-state index in [2.05, 4.69) is 31.9 Å². The molecule has 0 N–H and O–H groups in total. The minimum absolute atomic E-state index is 0.0565. The average Bonchev–Trinajstić information content (AvgIpc) is 2.73. The van der Waals surface area contributed by atoms with Crippen molar-refractivity contribution in [1.29, 1.82) is 0 Å². The topological polar surface area (TPSA) is 40.5 Å². The summed E-state index contributed by atoms with van der Waals surface area (Å²) in [5.41, 5.74) is 1.49.